The van der Waals surface area contributed by atoms with Crippen LogP contribution in [0.4, 0.5) is 11.6 Å². The highest BCUT2D eigenvalue weighted by molar-refractivity contribution is 5.82. The lowest BCUT2D eigenvalue weighted by molar-refractivity contribution is 0.836. The molecule has 0 aliphatic heterocycles. The van der Waals surface area contributed by atoms with Crippen molar-refractivity contribution >= 4 is 22.5 Å². The Bertz CT molecular complexity index is 811. The maximum atomic E-state index is 6.50. The van der Waals surface area contributed by atoms with E-state index >= 15 is 0 Å². The van der Waals surface area contributed by atoms with Crippen LogP contribution in [0.25, 0.3) is 10.9 Å². The Morgan fingerprint density at radius 2 is 1.70 bits per heavy atom. The number of nitrogens with zero attached hydrogens (tertiary/aromatic N) is 3. The van der Waals surface area contributed by atoms with E-state index in [0.717, 1.165) is 27.8 Å². The average molecular weight is 307 g/mol. The number of hydrogen-bond donors (Lipinski definition) is 2. The number of fused-ring (bicyclic) bond motifs is 1. The van der Waals surface area contributed by atoms with Gasteiger partial charge in [-0.25, -0.2) is 9.97 Å². The highest BCUT2D eigenvalue weighted by Gasteiger charge is 2.16. The second kappa shape index (κ2) is 6.22. The third kappa shape index (κ3) is 2.96. The minimum absolute atomic E-state index is 0.300. The molecule has 0 aliphatic rings. The molecule has 0 bridgehead atoms. The lowest BCUT2D eigenvalue weighted by Gasteiger charge is -2.17. The fourth-order valence-corrected chi connectivity index (χ4v) is 2.59. The summed E-state index contributed by atoms with van der Waals surface area (Å²) in [6, 6.07) is 15.9. The second-order valence-corrected chi connectivity index (χ2v) is 5.66. The monoisotopic (exact) mass is 307 g/mol. The molecule has 3 rings (SSSR count). The summed E-state index contributed by atoms with van der Waals surface area (Å²) >= 11 is 0. The van der Waals surface area contributed by atoms with Gasteiger partial charge in [0.15, 0.2) is 0 Å². The van der Waals surface area contributed by atoms with Crippen molar-refractivity contribution < 1.29 is 0 Å². The molecule has 0 spiro atoms. The molecule has 0 amide bonds. The summed E-state index contributed by atoms with van der Waals surface area (Å²) in [5.41, 5.74) is 10.4. The van der Waals surface area contributed by atoms with Crippen LogP contribution in [0.15, 0.2) is 48.5 Å². The Morgan fingerprint density at radius 1 is 1.00 bits per heavy atom. The number of benzene rings is 2. The highest BCUT2D eigenvalue weighted by atomic mass is 15.1. The smallest absolute Gasteiger partial charge is 0.223 e. The van der Waals surface area contributed by atoms with Gasteiger partial charge in [-0.15, -0.1) is 0 Å². The minimum Gasteiger partial charge on any atom is -0.378 e. The maximum absolute atomic E-state index is 6.50. The number of rotatable bonds is 4. The van der Waals surface area contributed by atoms with E-state index in [1.807, 2.05) is 45.4 Å². The summed E-state index contributed by atoms with van der Waals surface area (Å²) in [7, 11) is 5.85. The van der Waals surface area contributed by atoms with Crippen molar-refractivity contribution in [1.29, 1.82) is 0 Å². The highest BCUT2D eigenvalue weighted by Crippen LogP contribution is 2.27. The molecule has 1 heterocycles. The van der Waals surface area contributed by atoms with Gasteiger partial charge in [-0.1, -0.05) is 30.3 Å². The lowest BCUT2D eigenvalue weighted by atomic mass is 10.0. The fourth-order valence-electron chi connectivity index (χ4n) is 2.59. The molecule has 0 saturated heterocycles. The van der Waals surface area contributed by atoms with Gasteiger partial charge in [-0.2, -0.15) is 0 Å². The molecule has 1 unspecified atom stereocenters. The molecule has 5 nitrogen and oxygen atoms in total. The topological polar surface area (TPSA) is 67.1 Å². The first-order valence-electron chi connectivity index (χ1n) is 7.57. The van der Waals surface area contributed by atoms with Gasteiger partial charge in [-0.3, -0.25) is 0 Å². The number of nitrogens with two attached hydrogens (primary N) is 1. The van der Waals surface area contributed by atoms with Crippen molar-refractivity contribution in [3.8, 4) is 0 Å². The van der Waals surface area contributed by atoms with E-state index in [2.05, 4.69) is 44.5 Å². The molecule has 3 aromatic rings. The predicted molar refractivity (Wildman–Crippen MR) is 95.9 cm³/mol. The molecular weight excluding hydrogens is 286 g/mol. The third-order valence-electron chi connectivity index (χ3n) is 3.92. The summed E-state index contributed by atoms with van der Waals surface area (Å²) in [6.45, 7) is 0. The summed E-state index contributed by atoms with van der Waals surface area (Å²) < 4.78 is 0. The molecule has 5 heteroatoms. The summed E-state index contributed by atoms with van der Waals surface area (Å²) in [5, 5.41) is 3.99. The first-order valence-corrected chi connectivity index (χ1v) is 7.57. The van der Waals surface area contributed by atoms with E-state index < -0.39 is 0 Å². The maximum Gasteiger partial charge on any atom is 0.223 e. The molecule has 2 aromatic carbocycles. The Balaban J connectivity index is 2.07. The zero-order valence-corrected chi connectivity index (χ0v) is 13.6. The van der Waals surface area contributed by atoms with Crippen molar-refractivity contribution in [2.24, 2.45) is 5.73 Å². The zero-order chi connectivity index (χ0) is 16.4. The molecule has 1 atom stereocenters. The molecule has 0 aliphatic carbocycles. The van der Waals surface area contributed by atoms with Crippen LogP contribution in [0.3, 0.4) is 0 Å². The summed E-state index contributed by atoms with van der Waals surface area (Å²) in [5.74, 6) is 0.582. The average Bonchev–Trinajstić information content (AvgIpc) is 2.60. The number of aromatic nitrogens is 2. The fraction of sp³-hybridized carbons (Fsp3) is 0.222. The molecular formula is C18H21N5. The van der Waals surface area contributed by atoms with Crippen LogP contribution in [0.1, 0.15) is 17.3 Å². The van der Waals surface area contributed by atoms with Gasteiger partial charge >= 0.3 is 0 Å². The number of hydrogen-bond acceptors (Lipinski definition) is 5. The van der Waals surface area contributed by atoms with E-state index in [4.69, 9.17) is 5.73 Å². The minimum atomic E-state index is -0.300. The lowest BCUT2D eigenvalue weighted by Crippen LogP contribution is -2.16. The zero-order valence-electron chi connectivity index (χ0n) is 13.6. The van der Waals surface area contributed by atoms with Gasteiger partial charge in [0.05, 0.1) is 17.3 Å². The van der Waals surface area contributed by atoms with Crippen LogP contribution in [0, 0.1) is 0 Å². The molecule has 0 radical (unpaired) electrons. The SMILES string of the molecule is CNc1nc(C(N)c2ccc(N(C)C)cc2)c2ccccc2n1. The van der Waals surface area contributed by atoms with Crippen LogP contribution >= 0.6 is 0 Å². The van der Waals surface area contributed by atoms with Crippen molar-refractivity contribution in [1.82, 2.24) is 9.97 Å². The van der Waals surface area contributed by atoms with E-state index in [9.17, 15) is 0 Å². The summed E-state index contributed by atoms with van der Waals surface area (Å²) in [6.07, 6.45) is 0. The molecule has 0 saturated carbocycles. The normalized spacial score (nSPS) is 12.2. The Labute approximate surface area is 136 Å². The Kier molecular flexibility index (Phi) is 4.12. The molecule has 0 fully saturated rings. The predicted octanol–water partition coefficient (Wildman–Crippen LogP) is 2.79. The first kappa shape index (κ1) is 15.2. The van der Waals surface area contributed by atoms with E-state index in [-0.39, 0.29) is 6.04 Å². The van der Waals surface area contributed by atoms with Crippen molar-refractivity contribution in [2.75, 3.05) is 31.4 Å². The van der Waals surface area contributed by atoms with E-state index in [1.54, 1.807) is 0 Å². The quantitative estimate of drug-likeness (QED) is 0.776. The molecule has 3 N–H and O–H groups in total. The number of anilines is 2. The van der Waals surface area contributed by atoms with Gasteiger partial charge in [0.1, 0.15) is 0 Å². The number of nitrogens with one attached hydrogen (secondary N) is 1. The van der Waals surface area contributed by atoms with Gasteiger partial charge in [0.25, 0.3) is 0 Å². The van der Waals surface area contributed by atoms with Gasteiger partial charge in [-0.05, 0) is 23.8 Å². The van der Waals surface area contributed by atoms with Crippen LogP contribution < -0.4 is 16.0 Å². The van der Waals surface area contributed by atoms with Crippen molar-refractivity contribution in [3.05, 3.63) is 59.8 Å². The van der Waals surface area contributed by atoms with E-state index in [1.165, 1.54) is 0 Å². The molecule has 23 heavy (non-hydrogen) atoms. The molecule has 1 aromatic heterocycles. The second-order valence-electron chi connectivity index (χ2n) is 5.66. The van der Waals surface area contributed by atoms with E-state index in [0.29, 0.717) is 5.95 Å². The molecule has 118 valence electrons. The van der Waals surface area contributed by atoms with Crippen molar-refractivity contribution in [2.45, 2.75) is 6.04 Å². The third-order valence-corrected chi connectivity index (χ3v) is 3.92. The van der Waals surface area contributed by atoms with Crippen LogP contribution in [-0.4, -0.2) is 31.1 Å². The van der Waals surface area contributed by atoms with Crippen molar-refractivity contribution in [3.63, 3.8) is 0 Å². The van der Waals surface area contributed by atoms with Crippen LogP contribution in [-0.2, 0) is 0 Å². The van der Waals surface area contributed by atoms with Crippen LogP contribution in [0.2, 0.25) is 0 Å². The standard InChI is InChI=1S/C18H21N5/c1-20-18-21-15-7-5-4-6-14(15)17(22-18)16(19)12-8-10-13(11-9-12)23(2)3/h4-11,16H,19H2,1-3H3,(H,20,21,22). The number of para-hydroxylation sites is 1. The van der Waals surface area contributed by atoms with Gasteiger partial charge < -0.3 is 16.0 Å². The van der Waals surface area contributed by atoms with Crippen LogP contribution in [0.5, 0.6) is 0 Å². The Hall–Kier alpha value is -2.66. The Morgan fingerprint density at radius 3 is 2.35 bits per heavy atom. The van der Waals surface area contributed by atoms with Gasteiger partial charge in [0, 0.05) is 32.2 Å². The largest absolute Gasteiger partial charge is 0.378 e. The van der Waals surface area contributed by atoms with Gasteiger partial charge in [0.2, 0.25) is 5.95 Å². The summed E-state index contributed by atoms with van der Waals surface area (Å²) in [4.78, 5) is 11.1. The first-order chi connectivity index (χ1) is 11.1.